The van der Waals surface area contributed by atoms with E-state index in [9.17, 15) is 4.79 Å². The Balaban J connectivity index is 1.69. The lowest BCUT2D eigenvalue weighted by Crippen LogP contribution is -2.24. The van der Waals surface area contributed by atoms with Crippen molar-refractivity contribution in [1.82, 2.24) is 5.32 Å². The van der Waals surface area contributed by atoms with Crippen LogP contribution in [0.4, 0.5) is 4.79 Å². The fraction of sp³-hybridized carbons (Fsp3) is 0.211. The van der Waals surface area contributed by atoms with Gasteiger partial charge in [0.2, 0.25) is 0 Å². The summed E-state index contributed by atoms with van der Waals surface area (Å²) >= 11 is 6.12. The summed E-state index contributed by atoms with van der Waals surface area (Å²) in [4.78, 5) is 11.6. The van der Waals surface area contributed by atoms with Gasteiger partial charge in [-0.1, -0.05) is 54.1 Å². The Morgan fingerprint density at radius 2 is 2.00 bits per heavy atom. The lowest BCUT2D eigenvalue weighted by atomic mass is 10.2. The fourth-order valence-corrected chi connectivity index (χ4v) is 2.20. The quantitative estimate of drug-likeness (QED) is 0.741. The number of carbonyl (C=O) groups excluding carboxylic acids is 1. The number of benzene rings is 2. The van der Waals surface area contributed by atoms with Gasteiger partial charge in [-0.25, -0.2) is 4.79 Å². The second-order valence-corrected chi connectivity index (χ2v) is 5.47. The standard InChI is InChI=1S/C19H20ClNO3/c1-23-17-10-11-18(20)16(13-17)9-5-6-12-21-19(22)24-14-15-7-3-2-4-8-15/h2-5,7-11,13H,6,12,14H2,1H3,(H,21,22). The van der Waals surface area contributed by atoms with Gasteiger partial charge in [0.15, 0.2) is 0 Å². The molecule has 0 saturated carbocycles. The molecule has 4 nitrogen and oxygen atoms in total. The van der Waals surface area contributed by atoms with E-state index in [-0.39, 0.29) is 6.61 Å². The van der Waals surface area contributed by atoms with Crippen LogP contribution in [0.3, 0.4) is 0 Å². The molecule has 0 aromatic heterocycles. The maximum Gasteiger partial charge on any atom is 0.407 e. The van der Waals surface area contributed by atoms with Gasteiger partial charge < -0.3 is 14.8 Å². The summed E-state index contributed by atoms with van der Waals surface area (Å²) in [5.41, 5.74) is 1.84. The first kappa shape index (κ1) is 17.9. The normalized spacial score (nSPS) is 10.6. The minimum absolute atomic E-state index is 0.266. The van der Waals surface area contributed by atoms with E-state index in [2.05, 4.69) is 5.32 Å². The molecule has 0 atom stereocenters. The average Bonchev–Trinajstić information content (AvgIpc) is 2.62. The molecule has 2 aromatic rings. The highest BCUT2D eigenvalue weighted by atomic mass is 35.5. The SMILES string of the molecule is COc1ccc(Cl)c(C=CCCNC(=O)OCc2ccccc2)c1. The Kier molecular flexibility index (Phi) is 7.18. The lowest BCUT2D eigenvalue weighted by molar-refractivity contribution is 0.140. The van der Waals surface area contributed by atoms with Crippen LogP contribution in [-0.2, 0) is 11.3 Å². The molecule has 2 rings (SSSR count). The van der Waals surface area contributed by atoms with Crippen molar-refractivity contribution in [3.05, 3.63) is 70.8 Å². The molecule has 0 heterocycles. The molecule has 0 spiro atoms. The Labute approximate surface area is 147 Å². The molecule has 24 heavy (non-hydrogen) atoms. The first-order valence-corrected chi connectivity index (χ1v) is 8.01. The van der Waals surface area contributed by atoms with Crippen molar-refractivity contribution in [3.63, 3.8) is 0 Å². The second-order valence-electron chi connectivity index (χ2n) is 5.07. The van der Waals surface area contributed by atoms with Gasteiger partial charge in [0, 0.05) is 11.6 Å². The Morgan fingerprint density at radius 1 is 1.21 bits per heavy atom. The average molecular weight is 346 g/mol. The molecule has 0 aliphatic carbocycles. The number of carbonyl (C=O) groups is 1. The monoisotopic (exact) mass is 345 g/mol. The van der Waals surface area contributed by atoms with E-state index in [1.165, 1.54) is 0 Å². The van der Waals surface area contributed by atoms with Crippen LogP contribution >= 0.6 is 11.6 Å². The Morgan fingerprint density at radius 3 is 2.75 bits per heavy atom. The van der Waals surface area contributed by atoms with Crippen molar-refractivity contribution >= 4 is 23.8 Å². The van der Waals surface area contributed by atoms with E-state index < -0.39 is 6.09 Å². The van der Waals surface area contributed by atoms with Crippen LogP contribution in [0.25, 0.3) is 6.08 Å². The summed E-state index contributed by atoms with van der Waals surface area (Å²) in [5.74, 6) is 0.752. The number of hydrogen-bond donors (Lipinski definition) is 1. The van der Waals surface area contributed by atoms with Gasteiger partial charge in [0.1, 0.15) is 12.4 Å². The molecule has 0 fully saturated rings. The number of hydrogen-bond acceptors (Lipinski definition) is 3. The number of halogens is 1. The van der Waals surface area contributed by atoms with Crippen LogP contribution in [-0.4, -0.2) is 19.7 Å². The van der Waals surface area contributed by atoms with Gasteiger partial charge in [-0.3, -0.25) is 0 Å². The fourth-order valence-electron chi connectivity index (χ4n) is 2.02. The van der Waals surface area contributed by atoms with E-state index in [1.54, 1.807) is 13.2 Å². The van der Waals surface area contributed by atoms with E-state index in [4.69, 9.17) is 21.1 Å². The van der Waals surface area contributed by atoms with E-state index >= 15 is 0 Å². The molecule has 0 aliphatic rings. The van der Waals surface area contributed by atoms with Gasteiger partial charge >= 0.3 is 6.09 Å². The maximum absolute atomic E-state index is 11.6. The number of nitrogens with one attached hydrogen (secondary N) is 1. The second kappa shape index (κ2) is 9.63. The van der Waals surface area contributed by atoms with Crippen LogP contribution in [0, 0.1) is 0 Å². The van der Waals surface area contributed by atoms with Crippen molar-refractivity contribution in [2.45, 2.75) is 13.0 Å². The van der Waals surface area contributed by atoms with Crippen molar-refractivity contribution in [3.8, 4) is 5.75 Å². The summed E-state index contributed by atoms with van der Waals surface area (Å²) < 4.78 is 10.3. The van der Waals surface area contributed by atoms with E-state index in [0.29, 0.717) is 18.0 Å². The van der Waals surface area contributed by atoms with Gasteiger partial charge in [-0.2, -0.15) is 0 Å². The number of rotatable bonds is 7. The summed E-state index contributed by atoms with van der Waals surface area (Å²) in [6.45, 7) is 0.758. The molecule has 1 N–H and O–H groups in total. The zero-order valence-electron chi connectivity index (χ0n) is 13.5. The summed E-state index contributed by atoms with van der Waals surface area (Å²) in [5, 5.41) is 3.36. The molecule has 0 bridgehead atoms. The highest BCUT2D eigenvalue weighted by Crippen LogP contribution is 2.23. The van der Waals surface area contributed by atoms with E-state index in [0.717, 1.165) is 16.9 Å². The summed E-state index contributed by atoms with van der Waals surface area (Å²) in [6.07, 6.45) is 4.10. The van der Waals surface area contributed by atoms with Crippen LogP contribution in [0.2, 0.25) is 5.02 Å². The zero-order valence-corrected chi connectivity index (χ0v) is 14.3. The van der Waals surface area contributed by atoms with Gasteiger partial charge in [0.05, 0.1) is 7.11 Å². The third-order valence-corrected chi connectivity index (χ3v) is 3.64. The summed E-state index contributed by atoms with van der Waals surface area (Å²) in [6, 6.07) is 15.0. The first-order chi connectivity index (χ1) is 11.7. The molecule has 5 heteroatoms. The molecule has 2 aromatic carbocycles. The van der Waals surface area contributed by atoms with Crippen LogP contribution in [0.15, 0.2) is 54.6 Å². The zero-order chi connectivity index (χ0) is 17.2. The first-order valence-electron chi connectivity index (χ1n) is 7.63. The van der Waals surface area contributed by atoms with E-state index in [1.807, 2.05) is 54.6 Å². The highest BCUT2D eigenvalue weighted by Gasteiger charge is 2.01. The number of alkyl carbamates (subject to hydrolysis) is 1. The third-order valence-electron chi connectivity index (χ3n) is 3.29. The molecule has 126 valence electrons. The van der Waals surface area contributed by atoms with Crippen LogP contribution in [0.5, 0.6) is 5.75 Å². The molecule has 1 amide bonds. The predicted octanol–water partition coefficient (Wildman–Crippen LogP) is 4.68. The molecule has 0 unspecified atom stereocenters. The number of ether oxygens (including phenoxy) is 2. The van der Waals surface area contributed by atoms with Gasteiger partial charge in [-0.15, -0.1) is 0 Å². The molecule has 0 radical (unpaired) electrons. The van der Waals surface area contributed by atoms with Crippen molar-refractivity contribution in [2.24, 2.45) is 0 Å². The van der Waals surface area contributed by atoms with Crippen LogP contribution in [0.1, 0.15) is 17.5 Å². The van der Waals surface area contributed by atoms with Gasteiger partial charge in [0.25, 0.3) is 0 Å². The molecule has 0 saturated heterocycles. The predicted molar refractivity (Wildman–Crippen MR) is 96.3 cm³/mol. The maximum atomic E-state index is 11.6. The van der Waals surface area contributed by atoms with Crippen molar-refractivity contribution in [2.75, 3.05) is 13.7 Å². The highest BCUT2D eigenvalue weighted by molar-refractivity contribution is 6.32. The van der Waals surface area contributed by atoms with Crippen molar-refractivity contribution < 1.29 is 14.3 Å². The lowest BCUT2D eigenvalue weighted by Gasteiger charge is -2.06. The Bertz CT molecular complexity index is 686. The molecular formula is C19H20ClNO3. The third kappa shape index (κ3) is 5.97. The van der Waals surface area contributed by atoms with Crippen molar-refractivity contribution in [1.29, 1.82) is 0 Å². The number of amides is 1. The topological polar surface area (TPSA) is 47.6 Å². The minimum atomic E-state index is -0.424. The largest absolute Gasteiger partial charge is 0.497 e. The summed E-state index contributed by atoms with van der Waals surface area (Å²) in [7, 11) is 1.61. The smallest absolute Gasteiger partial charge is 0.407 e. The molecular weight excluding hydrogens is 326 g/mol. The van der Waals surface area contributed by atoms with Crippen LogP contribution < -0.4 is 10.1 Å². The minimum Gasteiger partial charge on any atom is -0.497 e. The Hall–Kier alpha value is -2.46. The number of methoxy groups -OCH3 is 1. The van der Waals surface area contributed by atoms with Gasteiger partial charge in [-0.05, 0) is 35.7 Å². The molecule has 0 aliphatic heterocycles.